The zero-order chi connectivity index (χ0) is 15.5. The summed E-state index contributed by atoms with van der Waals surface area (Å²) >= 11 is 0. The molecule has 4 N–H and O–H groups in total. The molecule has 6 nitrogen and oxygen atoms in total. The molecule has 0 aliphatic heterocycles. The minimum Gasteiger partial charge on any atom is -0.492 e. The van der Waals surface area contributed by atoms with Crippen molar-refractivity contribution in [3.05, 3.63) is 24.3 Å². The van der Waals surface area contributed by atoms with E-state index in [-0.39, 0.29) is 17.3 Å². The number of likely N-dealkylation sites (N-methyl/N-ethyl adjacent to an activating group) is 1. The molecule has 22 heavy (non-hydrogen) atoms. The number of nitrogens with zero attached hydrogens (tertiary/aromatic N) is 1. The Morgan fingerprint density at radius 2 is 1.91 bits per heavy atom. The number of halogens is 1. The molecule has 0 heterocycles. The first-order valence-corrected chi connectivity index (χ1v) is 8.62. The number of sulfonamides is 1. The van der Waals surface area contributed by atoms with E-state index in [4.69, 9.17) is 15.6 Å². The maximum absolute atomic E-state index is 11.1. The van der Waals surface area contributed by atoms with Gasteiger partial charge in [0, 0.05) is 19.1 Å². The second-order valence-electron chi connectivity index (χ2n) is 5.49. The van der Waals surface area contributed by atoms with Gasteiger partial charge in [-0.1, -0.05) is 0 Å². The van der Waals surface area contributed by atoms with Gasteiger partial charge < -0.3 is 10.5 Å². The molecule has 2 rings (SSSR count). The summed E-state index contributed by atoms with van der Waals surface area (Å²) < 4.78 is 27.9. The first-order valence-electron chi connectivity index (χ1n) is 7.08. The number of ether oxygens (including phenoxy) is 1. The predicted molar refractivity (Wildman–Crippen MR) is 88.8 cm³/mol. The van der Waals surface area contributed by atoms with Gasteiger partial charge in [-0.3, -0.25) is 4.90 Å². The summed E-state index contributed by atoms with van der Waals surface area (Å²) in [5.41, 5.74) is 5.80. The molecular weight excluding hydrogens is 326 g/mol. The molecule has 1 aliphatic rings. The van der Waals surface area contributed by atoms with Crippen molar-refractivity contribution in [2.75, 3.05) is 26.7 Å². The van der Waals surface area contributed by atoms with Crippen LogP contribution in [0.25, 0.3) is 0 Å². The molecule has 0 bridgehead atoms. The van der Waals surface area contributed by atoms with Crippen molar-refractivity contribution in [1.29, 1.82) is 0 Å². The largest absolute Gasteiger partial charge is 0.492 e. The van der Waals surface area contributed by atoms with Crippen LogP contribution in [0.1, 0.15) is 12.8 Å². The van der Waals surface area contributed by atoms with Gasteiger partial charge in [-0.15, -0.1) is 12.4 Å². The van der Waals surface area contributed by atoms with Crippen molar-refractivity contribution in [2.45, 2.75) is 23.8 Å². The fourth-order valence-electron chi connectivity index (χ4n) is 2.41. The summed E-state index contributed by atoms with van der Waals surface area (Å²) in [5, 5.41) is 5.04. The average Bonchev–Trinajstić information content (AvgIpc) is 3.24. The van der Waals surface area contributed by atoms with Crippen molar-refractivity contribution in [3.8, 4) is 5.75 Å². The van der Waals surface area contributed by atoms with Crippen LogP contribution < -0.4 is 15.6 Å². The fourth-order valence-corrected chi connectivity index (χ4v) is 2.93. The first kappa shape index (κ1) is 19.2. The van der Waals surface area contributed by atoms with E-state index in [1.54, 1.807) is 12.1 Å². The van der Waals surface area contributed by atoms with Crippen LogP contribution >= 0.6 is 12.4 Å². The van der Waals surface area contributed by atoms with E-state index in [0.717, 1.165) is 12.5 Å². The Hall–Kier alpha value is -0.860. The Bertz CT molecular complexity index is 561. The first-order chi connectivity index (χ1) is 9.91. The van der Waals surface area contributed by atoms with Gasteiger partial charge in [0.25, 0.3) is 0 Å². The van der Waals surface area contributed by atoms with Gasteiger partial charge in [0.05, 0.1) is 4.90 Å². The van der Waals surface area contributed by atoms with Crippen LogP contribution in [0.3, 0.4) is 0 Å². The molecule has 126 valence electrons. The highest BCUT2D eigenvalue weighted by Crippen LogP contribution is 2.34. The molecule has 1 saturated carbocycles. The van der Waals surface area contributed by atoms with Gasteiger partial charge in [0.1, 0.15) is 12.4 Å². The van der Waals surface area contributed by atoms with E-state index in [1.165, 1.54) is 25.0 Å². The van der Waals surface area contributed by atoms with E-state index < -0.39 is 10.0 Å². The van der Waals surface area contributed by atoms with E-state index in [2.05, 4.69) is 11.9 Å². The molecule has 1 unspecified atom stereocenters. The molecule has 0 saturated heterocycles. The predicted octanol–water partition coefficient (Wildman–Crippen LogP) is 0.804. The van der Waals surface area contributed by atoms with Crippen molar-refractivity contribution in [2.24, 2.45) is 16.8 Å². The van der Waals surface area contributed by atoms with Crippen molar-refractivity contribution in [3.63, 3.8) is 0 Å². The lowest BCUT2D eigenvalue weighted by Crippen LogP contribution is -2.41. The van der Waals surface area contributed by atoms with Crippen LogP contribution in [0.5, 0.6) is 5.75 Å². The van der Waals surface area contributed by atoms with Gasteiger partial charge in [-0.05, 0) is 50.1 Å². The lowest BCUT2D eigenvalue weighted by atomic mass is 10.1. The van der Waals surface area contributed by atoms with Crippen LogP contribution in [-0.4, -0.2) is 46.1 Å². The SMILES string of the molecule is CN(CCOc1ccc(S(N)(=O)=O)cc1)C(CN)C1CC1.Cl. The van der Waals surface area contributed by atoms with Crippen LogP contribution in [-0.2, 0) is 10.0 Å². The fraction of sp³-hybridized carbons (Fsp3) is 0.571. The molecule has 1 aliphatic carbocycles. The number of benzene rings is 1. The van der Waals surface area contributed by atoms with Crippen molar-refractivity contribution >= 4 is 22.4 Å². The molecule has 0 amide bonds. The molecule has 0 aromatic heterocycles. The number of nitrogens with two attached hydrogens (primary N) is 2. The zero-order valence-electron chi connectivity index (χ0n) is 12.6. The third-order valence-electron chi connectivity index (χ3n) is 3.84. The lowest BCUT2D eigenvalue weighted by molar-refractivity contribution is 0.180. The maximum Gasteiger partial charge on any atom is 0.238 e. The smallest absolute Gasteiger partial charge is 0.238 e. The summed E-state index contributed by atoms with van der Waals surface area (Å²) in [5.74, 6) is 1.36. The number of hydrogen-bond donors (Lipinski definition) is 2. The molecule has 1 aromatic carbocycles. The van der Waals surface area contributed by atoms with Crippen LogP contribution in [0.15, 0.2) is 29.2 Å². The molecule has 0 radical (unpaired) electrons. The van der Waals surface area contributed by atoms with E-state index in [9.17, 15) is 8.42 Å². The minimum atomic E-state index is -3.65. The highest BCUT2D eigenvalue weighted by atomic mass is 35.5. The summed E-state index contributed by atoms with van der Waals surface area (Å²) in [6.45, 7) is 1.99. The van der Waals surface area contributed by atoms with Gasteiger partial charge in [0.15, 0.2) is 0 Å². The summed E-state index contributed by atoms with van der Waals surface area (Å²) in [6.07, 6.45) is 2.53. The van der Waals surface area contributed by atoms with E-state index >= 15 is 0 Å². The topological polar surface area (TPSA) is 98.6 Å². The third-order valence-corrected chi connectivity index (χ3v) is 4.77. The molecule has 0 spiro atoms. The number of rotatable bonds is 8. The Labute approximate surface area is 138 Å². The van der Waals surface area contributed by atoms with Gasteiger partial charge in [-0.25, -0.2) is 13.6 Å². The monoisotopic (exact) mass is 349 g/mol. The molecular formula is C14H24ClN3O3S. The van der Waals surface area contributed by atoms with Crippen LogP contribution in [0.4, 0.5) is 0 Å². The Morgan fingerprint density at radius 1 is 1.32 bits per heavy atom. The van der Waals surface area contributed by atoms with Gasteiger partial charge in [0.2, 0.25) is 10.0 Å². The van der Waals surface area contributed by atoms with Crippen molar-refractivity contribution in [1.82, 2.24) is 4.90 Å². The lowest BCUT2D eigenvalue weighted by Gasteiger charge is -2.26. The highest BCUT2D eigenvalue weighted by molar-refractivity contribution is 7.89. The Balaban J connectivity index is 0.00000242. The number of primary sulfonamides is 1. The zero-order valence-corrected chi connectivity index (χ0v) is 14.3. The van der Waals surface area contributed by atoms with Crippen LogP contribution in [0, 0.1) is 5.92 Å². The maximum atomic E-state index is 11.1. The summed E-state index contributed by atoms with van der Waals surface area (Å²) in [4.78, 5) is 2.32. The third kappa shape index (κ3) is 5.40. The number of hydrogen-bond acceptors (Lipinski definition) is 5. The van der Waals surface area contributed by atoms with E-state index in [1.807, 2.05) is 0 Å². The summed E-state index contributed by atoms with van der Waals surface area (Å²) in [6, 6.07) is 6.54. The van der Waals surface area contributed by atoms with Gasteiger partial charge in [-0.2, -0.15) is 0 Å². The van der Waals surface area contributed by atoms with Crippen LogP contribution in [0.2, 0.25) is 0 Å². The molecule has 8 heteroatoms. The van der Waals surface area contributed by atoms with E-state index in [0.29, 0.717) is 24.9 Å². The Kier molecular flexibility index (Phi) is 7.08. The summed E-state index contributed by atoms with van der Waals surface area (Å²) in [7, 11) is -1.59. The second-order valence-corrected chi connectivity index (χ2v) is 7.05. The quantitative estimate of drug-likeness (QED) is 0.723. The molecule has 1 atom stereocenters. The molecule has 1 aromatic rings. The standard InChI is InChI=1S/C14H23N3O3S.ClH/c1-17(14(10-15)11-2-3-11)8-9-20-12-4-6-13(7-5-12)21(16,18)19;/h4-7,11,14H,2-3,8-10,15H2,1H3,(H2,16,18,19);1H. The highest BCUT2D eigenvalue weighted by Gasteiger charge is 2.32. The van der Waals surface area contributed by atoms with Gasteiger partial charge >= 0.3 is 0 Å². The Morgan fingerprint density at radius 3 is 2.36 bits per heavy atom. The minimum absolute atomic E-state index is 0. The normalized spacial score (nSPS) is 16.2. The van der Waals surface area contributed by atoms with Crippen molar-refractivity contribution < 1.29 is 13.2 Å². The molecule has 1 fully saturated rings. The second kappa shape index (κ2) is 8.12. The average molecular weight is 350 g/mol.